The molecule has 23 heavy (non-hydrogen) atoms. The van der Waals surface area contributed by atoms with Gasteiger partial charge in [0.05, 0.1) is 21.8 Å². The third-order valence-corrected chi connectivity index (χ3v) is 6.63. The van der Waals surface area contributed by atoms with Gasteiger partial charge in [0.2, 0.25) is 0 Å². The van der Waals surface area contributed by atoms with Crippen LogP contribution >= 0.6 is 0 Å². The summed E-state index contributed by atoms with van der Waals surface area (Å²) in [7, 11) is -1.15. The van der Waals surface area contributed by atoms with Gasteiger partial charge >= 0.3 is 6.09 Å². The zero-order chi connectivity index (χ0) is 16.8. The molecule has 1 heterocycles. The fourth-order valence-corrected chi connectivity index (χ4v) is 4.61. The van der Waals surface area contributed by atoms with Crippen LogP contribution in [0.3, 0.4) is 0 Å². The molecule has 0 saturated carbocycles. The lowest BCUT2D eigenvalue weighted by molar-refractivity contribution is 0.0956. The minimum Gasteiger partial charge on any atom is -0.465 e. The number of carboxylic acid groups (broad SMARTS) is 1. The summed E-state index contributed by atoms with van der Waals surface area (Å²) in [5.74, 6) is 0. The lowest BCUT2D eigenvalue weighted by Gasteiger charge is -2.55. The summed E-state index contributed by atoms with van der Waals surface area (Å²) < 4.78 is 15.6. The number of piperidine rings is 1. The zero-order valence-corrected chi connectivity index (χ0v) is 14.7. The average molecular weight is 336 g/mol. The van der Waals surface area contributed by atoms with E-state index in [9.17, 15) is 14.1 Å². The molecule has 1 saturated heterocycles. The van der Waals surface area contributed by atoms with E-state index < -0.39 is 17.1 Å². The monoisotopic (exact) mass is 336 g/mol. The second-order valence-electron chi connectivity index (χ2n) is 7.44. The van der Waals surface area contributed by atoms with Crippen molar-refractivity contribution in [1.29, 1.82) is 0 Å². The van der Waals surface area contributed by atoms with Gasteiger partial charge in [-0.1, -0.05) is 24.3 Å². The van der Waals surface area contributed by atoms with Crippen molar-refractivity contribution in [1.82, 2.24) is 9.62 Å². The Morgan fingerprint density at radius 2 is 1.91 bits per heavy atom. The molecule has 0 bridgehead atoms. The number of fused-ring (bicyclic) bond motifs is 2. The summed E-state index contributed by atoms with van der Waals surface area (Å²) in [6.07, 6.45) is 0.695. The minimum atomic E-state index is -1.15. The quantitative estimate of drug-likeness (QED) is 0.872. The van der Waals surface area contributed by atoms with Crippen molar-refractivity contribution in [2.75, 3.05) is 13.1 Å². The molecular formula is C17H24N2O3S. The second-order valence-corrected chi connectivity index (χ2v) is 9.44. The molecule has 0 aromatic heterocycles. The Morgan fingerprint density at radius 3 is 2.48 bits per heavy atom. The largest absolute Gasteiger partial charge is 0.465 e. The molecular weight excluding hydrogens is 312 g/mol. The number of hydrogen-bond donors (Lipinski definition) is 2. The fourth-order valence-electron chi connectivity index (χ4n) is 3.69. The molecule has 0 radical (unpaired) electrons. The van der Waals surface area contributed by atoms with E-state index in [0.717, 1.165) is 12.8 Å². The predicted molar refractivity (Wildman–Crippen MR) is 90.7 cm³/mol. The van der Waals surface area contributed by atoms with Crippen molar-refractivity contribution in [3.8, 4) is 0 Å². The van der Waals surface area contributed by atoms with Crippen molar-refractivity contribution in [2.45, 2.75) is 49.8 Å². The van der Waals surface area contributed by atoms with Crippen molar-refractivity contribution < 1.29 is 14.1 Å². The van der Waals surface area contributed by atoms with Gasteiger partial charge < -0.3 is 10.0 Å². The van der Waals surface area contributed by atoms with Gasteiger partial charge in [0, 0.05) is 18.5 Å². The molecule has 1 unspecified atom stereocenters. The van der Waals surface area contributed by atoms with Gasteiger partial charge in [-0.25, -0.2) is 13.7 Å². The summed E-state index contributed by atoms with van der Waals surface area (Å²) in [5, 5.41) is 9.17. The number of rotatable bonds is 2. The van der Waals surface area contributed by atoms with Crippen LogP contribution in [0.1, 0.15) is 50.8 Å². The molecule has 1 aliphatic carbocycles. The minimum absolute atomic E-state index is 0.0368. The maximum atomic E-state index is 12.6. The molecule has 126 valence electrons. The van der Waals surface area contributed by atoms with Gasteiger partial charge in [-0.15, -0.1) is 0 Å². The van der Waals surface area contributed by atoms with Crippen molar-refractivity contribution in [2.24, 2.45) is 0 Å². The van der Waals surface area contributed by atoms with Crippen LogP contribution in [-0.2, 0) is 16.4 Å². The Bertz CT molecular complexity index is 645. The SMILES string of the molecule is CC(C)(C)S(=O)N[C@H]1c2ccccc2C12CCN(C(=O)O)CC2. The zero-order valence-electron chi connectivity index (χ0n) is 13.8. The molecule has 2 aliphatic rings. The number of likely N-dealkylation sites (tertiary alicyclic amines) is 1. The number of hydrogen-bond acceptors (Lipinski definition) is 2. The van der Waals surface area contributed by atoms with Crippen LogP contribution in [-0.4, -0.2) is 38.1 Å². The number of amides is 1. The van der Waals surface area contributed by atoms with E-state index in [2.05, 4.69) is 16.9 Å². The second kappa shape index (κ2) is 5.60. The Balaban J connectivity index is 1.87. The summed E-state index contributed by atoms with van der Waals surface area (Å²) in [6, 6.07) is 8.29. The predicted octanol–water partition coefficient (Wildman–Crippen LogP) is 2.80. The number of nitrogens with zero attached hydrogens (tertiary/aromatic N) is 1. The molecule has 2 atom stereocenters. The first-order chi connectivity index (χ1) is 10.8. The van der Waals surface area contributed by atoms with Gasteiger partial charge in [0.15, 0.2) is 0 Å². The molecule has 1 fully saturated rings. The molecule has 2 N–H and O–H groups in total. The molecule has 1 aromatic carbocycles. The van der Waals surface area contributed by atoms with Gasteiger partial charge in [-0.3, -0.25) is 0 Å². The van der Waals surface area contributed by atoms with E-state index in [0.29, 0.717) is 13.1 Å². The number of nitrogens with one attached hydrogen (secondary N) is 1. The first kappa shape index (κ1) is 16.5. The molecule has 5 nitrogen and oxygen atoms in total. The summed E-state index contributed by atoms with van der Waals surface area (Å²) >= 11 is 0. The molecule has 1 aromatic rings. The normalized spacial score (nSPS) is 24.0. The highest BCUT2D eigenvalue weighted by Gasteiger charge is 2.53. The topological polar surface area (TPSA) is 69.6 Å². The van der Waals surface area contributed by atoms with Crippen LogP contribution in [0.25, 0.3) is 0 Å². The first-order valence-electron chi connectivity index (χ1n) is 8.01. The third-order valence-electron chi connectivity index (χ3n) is 5.07. The van der Waals surface area contributed by atoms with Crippen molar-refractivity contribution in [3.05, 3.63) is 35.4 Å². The smallest absolute Gasteiger partial charge is 0.407 e. The average Bonchev–Trinajstić information content (AvgIpc) is 2.51. The lowest BCUT2D eigenvalue weighted by Crippen LogP contribution is -2.57. The maximum Gasteiger partial charge on any atom is 0.407 e. The first-order valence-corrected chi connectivity index (χ1v) is 9.16. The van der Waals surface area contributed by atoms with Crippen LogP contribution in [0.2, 0.25) is 0 Å². The number of benzene rings is 1. The van der Waals surface area contributed by atoms with E-state index in [1.807, 2.05) is 32.9 Å². The molecule has 6 heteroatoms. The highest BCUT2D eigenvalue weighted by molar-refractivity contribution is 7.84. The summed E-state index contributed by atoms with van der Waals surface area (Å²) in [6.45, 7) is 6.94. The molecule has 1 amide bonds. The van der Waals surface area contributed by atoms with Gasteiger partial charge in [0.25, 0.3) is 0 Å². The fraction of sp³-hybridized carbons (Fsp3) is 0.588. The van der Waals surface area contributed by atoms with Crippen LogP contribution in [0.5, 0.6) is 0 Å². The Hall–Kier alpha value is -1.40. The summed E-state index contributed by atoms with van der Waals surface area (Å²) in [5.41, 5.74) is 2.39. The number of carbonyl (C=O) groups is 1. The van der Waals surface area contributed by atoms with Crippen molar-refractivity contribution >= 4 is 17.1 Å². The molecule has 1 spiro atoms. The Kier molecular flexibility index (Phi) is 4.01. The van der Waals surface area contributed by atoms with E-state index in [1.165, 1.54) is 16.0 Å². The molecule has 1 aliphatic heterocycles. The Labute approximate surface area is 139 Å². The third kappa shape index (κ3) is 2.68. The molecule has 3 rings (SSSR count). The summed E-state index contributed by atoms with van der Waals surface area (Å²) in [4.78, 5) is 12.6. The highest BCUT2D eigenvalue weighted by atomic mass is 32.2. The van der Waals surface area contributed by atoms with Crippen LogP contribution in [0.4, 0.5) is 4.79 Å². The van der Waals surface area contributed by atoms with E-state index in [4.69, 9.17) is 0 Å². The Morgan fingerprint density at radius 1 is 1.30 bits per heavy atom. The standard InChI is InChI=1S/C17H24N2O3S/c1-16(2,3)23(22)18-14-12-6-4-5-7-13(12)17(14)8-10-19(11-9-17)15(20)21/h4-7,14,18H,8-11H2,1-3H3,(H,20,21)/t14-,23?/m0/s1. The van der Waals surface area contributed by atoms with Gasteiger partial charge in [0.1, 0.15) is 0 Å². The highest BCUT2D eigenvalue weighted by Crippen LogP contribution is 2.56. The van der Waals surface area contributed by atoms with Gasteiger partial charge in [-0.2, -0.15) is 0 Å². The van der Waals surface area contributed by atoms with Crippen molar-refractivity contribution in [3.63, 3.8) is 0 Å². The van der Waals surface area contributed by atoms with Crippen LogP contribution in [0.15, 0.2) is 24.3 Å². The lowest BCUT2D eigenvalue weighted by atomic mass is 9.56. The van der Waals surface area contributed by atoms with Crippen LogP contribution < -0.4 is 4.72 Å². The van der Waals surface area contributed by atoms with Gasteiger partial charge in [-0.05, 0) is 44.7 Å². The maximum absolute atomic E-state index is 12.6. The van der Waals surface area contributed by atoms with E-state index in [-0.39, 0.29) is 16.2 Å². The van der Waals surface area contributed by atoms with Crippen LogP contribution in [0, 0.1) is 0 Å². The van der Waals surface area contributed by atoms with E-state index in [1.54, 1.807) is 0 Å². The van der Waals surface area contributed by atoms with E-state index >= 15 is 0 Å².